The molecule has 6 nitrogen and oxygen atoms in total. The number of benzene rings is 1. The van der Waals surface area contributed by atoms with Gasteiger partial charge in [0.2, 0.25) is 5.89 Å². The van der Waals surface area contributed by atoms with E-state index in [1.54, 1.807) is 6.92 Å². The molecule has 23 heavy (non-hydrogen) atoms. The highest BCUT2D eigenvalue weighted by Gasteiger charge is 2.23. The van der Waals surface area contributed by atoms with Crippen LogP contribution in [0.15, 0.2) is 34.9 Å². The number of aromatic nitrogens is 2. The summed E-state index contributed by atoms with van der Waals surface area (Å²) in [6.45, 7) is 1.62. The quantitative estimate of drug-likeness (QED) is 0.757. The topological polar surface area (TPSA) is 80.3 Å². The molecule has 0 aliphatic heterocycles. The standard InChI is InChI=1S/C17H19N3O3/c1-10-15(17(21)22)19-16(23-10)13(18-2)8-11-9-20(3)14-7-5-4-6-12(11)14/h4-7,9,13,18H,8H2,1-3H3,(H,21,22)/t13-/m1/s1. The van der Waals surface area contributed by atoms with Gasteiger partial charge in [-0.15, -0.1) is 0 Å². The summed E-state index contributed by atoms with van der Waals surface area (Å²) in [5, 5.41) is 13.5. The molecule has 0 saturated heterocycles. The molecule has 0 fully saturated rings. The summed E-state index contributed by atoms with van der Waals surface area (Å²) in [5.74, 6) is -0.349. The van der Waals surface area contributed by atoms with Crippen LogP contribution in [0.2, 0.25) is 0 Å². The summed E-state index contributed by atoms with van der Waals surface area (Å²) < 4.78 is 7.64. The number of hydrogen-bond acceptors (Lipinski definition) is 4. The number of hydrogen-bond donors (Lipinski definition) is 2. The molecular weight excluding hydrogens is 294 g/mol. The molecule has 120 valence electrons. The summed E-state index contributed by atoms with van der Waals surface area (Å²) in [6, 6.07) is 8.00. The van der Waals surface area contributed by atoms with Crippen LogP contribution in [-0.2, 0) is 13.5 Å². The van der Waals surface area contributed by atoms with Crippen LogP contribution in [-0.4, -0.2) is 27.7 Å². The van der Waals surface area contributed by atoms with E-state index in [-0.39, 0.29) is 11.7 Å². The minimum absolute atomic E-state index is 0.0295. The first-order chi connectivity index (χ1) is 11.0. The number of aromatic carboxylic acids is 1. The normalized spacial score (nSPS) is 12.7. The Bertz CT molecular complexity index is 863. The maximum absolute atomic E-state index is 11.1. The SMILES string of the molecule is CN[C@H](Cc1cn(C)c2ccccc12)c1nc(C(=O)O)c(C)o1. The third kappa shape index (κ3) is 2.73. The predicted molar refractivity (Wildman–Crippen MR) is 86.6 cm³/mol. The van der Waals surface area contributed by atoms with Crippen molar-refractivity contribution in [3.05, 3.63) is 53.4 Å². The van der Waals surface area contributed by atoms with Crippen LogP contribution in [0.4, 0.5) is 0 Å². The van der Waals surface area contributed by atoms with Crippen LogP contribution in [0.25, 0.3) is 10.9 Å². The molecule has 3 aromatic rings. The molecule has 0 amide bonds. The summed E-state index contributed by atoms with van der Waals surface area (Å²) in [4.78, 5) is 15.3. The lowest BCUT2D eigenvalue weighted by molar-refractivity contribution is 0.0689. The van der Waals surface area contributed by atoms with Gasteiger partial charge in [0.15, 0.2) is 5.69 Å². The highest BCUT2D eigenvalue weighted by Crippen LogP contribution is 2.26. The fraction of sp³-hybridized carbons (Fsp3) is 0.294. The minimum Gasteiger partial charge on any atom is -0.476 e. The molecule has 1 atom stereocenters. The van der Waals surface area contributed by atoms with E-state index in [9.17, 15) is 4.79 Å². The highest BCUT2D eigenvalue weighted by molar-refractivity contribution is 5.86. The molecule has 1 aromatic carbocycles. The van der Waals surface area contributed by atoms with E-state index < -0.39 is 5.97 Å². The van der Waals surface area contributed by atoms with E-state index in [1.165, 1.54) is 5.39 Å². The summed E-state index contributed by atoms with van der Waals surface area (Å²) in [6.07, 6.45) is 2.75. The molecule has 0 unspecified atom stereocenters. The lowest BCUT2D eigenvalue weighted by Gasteiger charge is -2.11. The van der Waals surface area contributed by atoms with Crippen molar-refractivity contribution < 1.29 is 14.3 Å². The van der Waals surface area contributed by atoms with Crippen LogP contribution >= 0.6 is 0 Å². The summed E-state index contributed by atoms with van der Waals surface area (Å²) in [5.41, 5.74) is 2.29. The molecule has 2 heterocycles. The van der Waals surface area contributed by atoms with Crippen LogP contribution in [0.1, 0.15) is 33.7 Å². The molecule has 0 radical (unpaired) electrons. The molecule has 0 aliphatic carbocycles. The average Bonchev–Trinajstić information content (AvgIpc) is 3.06. The first kappa shape index (κ1) is 15.3. The number of fused-ring (bicyclic) bond motifs is 1. The molecule has 0 saturated carbocycles. The van der Waals surface area contributed by atoms with Gasteiger partial charge in [-0.3, -0.25) is 0 Å². The maximum Gasteiger partial charge on any atom is 0.358 e. The van der Waals surface area contributed by atoms with Crippen LogP contribution in [0.5, 0.6) is 0 Å². The number of nitrogens with one attached hydrogen (secondary N) is 1. The fourth-order valence-electron chi connectivity index (χ4n) is 2.89. The van der Waals surface area contributed by atoms with Gasteiger partial charge in [-0.25, -0.2) is 9.78 Å². The zero-order chi connectivity index (χ0) is 16.6. The number of aryl methyl sites for hydroxylation is 2. The molecular formula is C17H19N3O3. The van der Waals surface area contributed by atoms with Crippen molar-refractivity contribution in [2.24, 2.45) is 7.05 Å². The minimum atomic E-state index is -1.07. The molecule has 6 heteroatoms. The van der Waals surface area contributed by atoms with Gasteiger partial charge in [0.1, 0.15) is 5.76 Å². The number of oxazole rings is 1. The average molecular weight is 313 g/mol. The number of carboxylic acid groups (broad SMARTS) is 1. The second-order valence-electron chi connectivity index (χ2n) is 5.59. The van der Waals surface area contributed by atoms with Gasteiger partial charge in [-0.05, 0) is 32.0 Å². The van der Waals surface area contributed by atoms with E-state index in [0.29, 0.717) is 18.1 Å². The van der Waals surface area contributed by atoms with E-state index in [4.69, 9.17) is 9.52 Å². The lowest BCUT2D eigenvalue weighted by Crippen LogP contribution is -2.19. The zero-order valence-corrected chi connectivity index (χ0v) is 13.3. The Morgan fingerprint density at radius 3 is 2.83 bits per heavy atom. The van der Waals surface area contributed by atoms with E-state index in [2.05, 4.69) is 33.2 Å². The largest absolute Gasteiger partial charge is 0.476 e. The Labute approximate surface area is 133 Å². The molecule has 2 aromatic heterocycles. The first-order valence-electron chi connectivity index (χ1n) is 7.42. The Hall–Kier alpha value is -2.60. The van der Waals surface area contributed by atoms with E-state index in [0.717, 1.165) is 11.1 Å². The van der Waals surface area contributed by atoms with Crippen molar-refractivity contribution in [1.29, 1.82) is 0 Å². The zero-order valence-electron chi connectivity index (χ0n) is 13.3. The van der Waals surface area contributed by atoms with E-state index >= 15 is 0 Å². The molecule has 2 N–H and O–H groups in total. The molecule has 0 bridgehead atoms. The van der Waals surface area contributed by atoms with Crippen molar-refractivity contribution in [3.8, 4) is 0 Å². The number of likely N-dealkylation sites (N-methyl/N-ethyl adjacent to an activating group) is 1. The molecule has 0 spiro atoms. The van der Waals surface area contributed by atoms with Gasteiger partial charge < -0.3 is 19.4 Å². The third-order valence-electron chi connectivity index (χ3n) is 4.07. The number of para-hydroxylation sites is 1. The maximum atomic E-state index is 11.1. The van der Waals surface area contributed by atoms with Gasteiger partial charge >= 0.3 is 5.97 Å². The van der Waals surface area contributed by atoms with Crippen molar-refractivity contribution in [3.63, 3.8) is 0 Å². The Balaban J connectivity index is 1.95. The van der Waals surface area contributed by atoms with Crippen molar-refractivity contribution in [2.75, 3.05) is 7.05 Å². The third-order valence-corrected chi connectivity index (χ3v) is 4.07. The summed E-state index contributed by atoms with van der Waals surface area (Å²) in [7, 11) is 3.83. The fourth-order valence-corrected chi connectivity index (χ4v) is 2.89. The smallest absolute Gasteiger partial charge is 0.358 e. The van der Waals surface area contributed by atoms with Crippen LogP contribution in [0.3, 0.4) is 0 Å². The van der Waals surface area contributed by atoms with Gasteiger partial charge in [-0.1, -0.05) is 18.2 Å². The highest BCUT2D eigenvalue weighted by atomic mass is 16.4. The predicted octanol–water partition coefficient (Wildman–Crippen LogP) is 2.68. The number of nitrogens with zero attached hydrogens (tertiary/aromatic N) is 2. The second kappa shape index (κ2) is 5.89. The molecule has 0 aliphatic rings. The summed E-state index contributed by atoms with van der Waals surface area (Å²) >= 11 is 0. The monoisotopic (exact) mass is 313 g/mol. The number of carboxylic acids is 1. The Kier molecular flexibility index (Phi) is 3.92. The van der Waals surface area contributed by atoms with Crippen LogP contribution in [0, 0.1) is 6.92 Å². The van der Waals surface area contributed by atoms with Crippen molar-refractivity contribution >= 4 is 16.9 Å². The van der Waals surface area contributed by atoms with Gasteiger partial charge in [-0.2, -0.15) is 0 Å². The van der Waals surface area contributed by atoms with E-state index in [1.807, 2.05) is 26.2 Å². The second-order valence-corrected chi connectivity index (χ2v) is 5.59. The van der Waals surface area contributed by atoms with Crippen LogP contribution < -0.4 is 5.32 Å². The number of carbonyl (C=O) groups is 1. The Morgan fingerprint density at radius 1 is 1.43 bits per heavy atom. The molecule has 3 rings (SSSR count). The van der Waals surface area contributed by atoms with Gasteiger partial charge in [0, 0.05) is 24.1 Å². The Morgan fingerprint density at radius 2 is 2.17 bits per heavy atom. The van der Waals surface area contributed by atoms with Crippen molar-refractivity contribution in [2.45, 2.75) is 19.4 Å². The van der Waals surface area contributed by atoms with Crippen molar-refractivity contribution in [1.82, 2.24) is 14.9 Å². The van der Waals surface area contributed by atoms with Gasteiger partial charge in [0.05, 0.1) is 6.04 Å². The number of rotatable bonds is 5. The van der Waals surface area contributed by atoms with Gasteiger partial charge in [0.25, 0.3) is 0 Å². The first-order valence-corrected chi connectivity index (χ1v) is 7.42. The lowest BCUT2D eigenvalue weighted by atomic mass is 10.1.